The average Bonchev–Trinajstić information content (AvgIpc) is 3.34. The summed E-state index contributed by atoms with van der Waals surface area (Å²) in [5.74, 6) is -2.25. The number of anilines is 3. The predicted octanol–water partition coefficient (Wildman–Crippen LogP) is 4.43. The quantitative estimate of drug-likeness (QED) is 0.378. The molecule has 4 aliphatic rings. The van der Waals surface area contributed by atoms with E-state index in [1.165, 1.54) is 4.90 Å². The number of amides is 3. The summed E-state index contributed by atoms with van der Waals surface area (Å²) in [6, 6.07) is 13.5. The van der Waals surface area contributed by atoms with Gasteiger partial charge in [-0.15, -0.1) is 0 Å². The Morgan fingerprint density at radius 3 is 2.00 bits per heavy atom. The van der Waals surface area contributed by atoms with Crippen LogP contribution in [0.3, 0.4) is 0 Å². The summed E-state index contributed by atoms with van der Waals surface area (Å²) in [6.07, 6.45) is 7.51. The molecule has 0 radical (unpaired) electrons. The highest BCUT2D eigenvalue weighted by molar-refractivity contribution is 6.07. The minimum Gasteiger partial charge on any atom is -0.494 e. The Bertz CT molecular complexity index is 1590. The van der Waals surface area contributed by atoms with Gasteiger partial charge in [0.05, 0.1) is 36.7 Å². The molecule has 1 N–H and O–H groups in total. The Morgan fingerprint density at radius 2 is 1.44 bits per heavy atom. The van der Waals surface area contributed by atoms with Crippen molar-refractivity contribution in [2.24, 2.45) is 17.8 Å². The lowest BCUT2D eigenvalue weighted by atomic mass is 9.74. The Kier molecular flexibility index (Phi) is 9.17. The molecule has 6 atom stereocenters. The Morgan fingerprint density at radius 1 is 0.854 bits per heavy atom. The van der Waals surface area contributed by atoms with Crippen LogP contribution in [0.5, 0.6) is 5.75 Å². The maximum absolute atomic E-state index is 14.9. The van der Waals surface area contributed by atoms with Gasteiger partial charge in [0.15, 0.2) is 0 Å². The minimum absolute atomic E-state index is 0.159. The van der Waals surface area contributed by atoms with Crippen LogP contribution in [0.2, 0.25) is 0 Å². The van der Waals surface area contributed by atoms with E-state index in [0.717, 1.165) is 18.8 Å². The van der Waals surface area contributed by atoms with Gasteiger partial charge in [-0.3, -0.25) is 14.4 Å². The molecule has 3 amide bonds. The van der Waals surface area contributed by atoms with E-state index in [4.69, 9.17) is 9.47 Å². The van der Waals surface area contributed by atoms with E-state index in [1.54, 1.807) is 9.80 Å². The van der Waals surface area contributed by atoms with Gasteiger partial charge in [-0.2, -0.15) is 0 Å². The number of rotatable bonds is 10. The van der Waals surface area contributed by atoms with Gasteiger partial charge >= 0.3 is 0 Å². The fourth-order valence-corrected chi connectivity index (χ4v) is 8.22. The van der Waals surface area contributed by atoms with Crippen LogP contribution in [-0.4, -0.2) is 90.4 Å². The van der Waals surface area contributed by atoms with Crippen LogP contribution in [-0.2, 0) is 19.1 Å². The summed E-state index contributed by atoms with van der Waals surface area (Å²) >= 11 is 0. The number of hydrogen-bond acceptors (Lipinski definition) is 7. The van der Waals surface area contributed by atoms with Crippen molar-refractivity contribution in [3.8, 4) is 5.75 Å². The number of aliphatic hydroxyl groups is 1. The molecular formula is C38H48N4O6. The molecule has 1 spiro atoms. The molecule has 0 saturated carbocycles. The summed E-state index contributed by atoms with van der Waals surface area (Å²) in [7, 11) is 0. The largest absolute Gasteiger partial charge is 0.494 e. The van der Waals surface area contributed by atoms with Crippen molar-refractivity contribution in [3.05, 3.63) is 72.8 Å². The molecule has 4 heterocycles. The first-order valence-electron chi connectivity index (χ1n) is 17.2. The molecule has 0 aliphatic carbocycles. The number of ether oxygens (including phenoxy) is 2. The smallest absolute Gasteiger partial charge is 0.253 e. The Labute approximate surface area is 283 Å². The minimum atomic E-state index is -1.42. The Balaban J connectivity index is 1.43. The third-order valence-electron chi connectivity index (χ3n) is 10.6. The lowest BCUT2D eigenvalue weighted by Gasteiger charge is -2.41. The first kappa shape index (κ1) is 33.7. The summed E-state index contributed by atoms with van der Waals surface area (Å²) < 4.78 is 12.6. The predicted molar refractivity (Wildman–Crippen MR) is 186 cm³/mol. The summed E-state index contributed by atoms with van der Waals surface area (Å²) in [5, 5.41) is 10.6. The second kappa shape index (κ2) is 13.0. The lowest BCUT2D eigenvalue weighted by Crippen LogP contribution is -2.59. The number of aliphatic hydroxyl groups excluding tert-OH is 1. The molecule has 1 unspecified atom stereocenters. The maximum Gasteiger partial charge on any atom is 0.253 e. The molecule has 48 heavy (non-hydrogen) atoms. The number of nitrogens with zero attached hydrogens (tertiary/aromatic N) is 4. The number of carbonyl (C=O) groups excluding carboxylic acids is 3. The highest BCUT2D eigenvalue weighted by Crippen LogP contribution is 2.58. The van der Waals surface area contributed by atoms with E-state index in [2.05, 4.69) is 18.7 Å². The second-order valence-electron chi connectivity index (χ2n) is 13.6. The lowest BCUT2D eigenvalue weighted by molar-refractivity contribution is -0.149. The van der Waals surface area contributed by atoms with Crippen molar-refractivity contribution in [1.82, 2.24) is 4.90 Å². The normalized spacial score (nSPS) is 28.7. The summed E-state index contributed by atoms with van der Waals surface area (Å²) in [6.45, 7) is 14.3. The van der Waals surface area contributed by atoms with Crippen LogP contribution in [0.1, 0.15) is 41.5 Å². The average molecular weight is 657 g/mol. The molecule has 6 rings (SSSR count). The number of hydrogen-bond donors (Lipinski definition) is 1. The van der Waals surface area contributed by atoms with Crippen LogP contribution < -0.4 is 19.4 Å². The fourth-order valence-electron chi connectivity index (χ4n) is 8.22. The Hall–Kier alpha value is -4.15. The van der Waals surface area contributed by atoms with Crippen LogP contribution in [0.25, 0.3) is 0 Å². The van der Waals surface area contributed by atoms with Crippen molar-refractivity contribution < 1.29 is 29.0 Å². The molecule has 10 heteroatoms. The SMILES string of the molecule is CCOc1ccc(N2CC=C[C@]3(C)O[C@]45C=CCN(c6ccc(N(CC)CC)cc6)C(=O)C4N([C@@H](CO)C(C)C)C(=O)[C@@H]5[C@@H]3C2=O)cc1. The van der Waals surface area contributed by atoms with Crippen LogP contribution in [0, 0.1) is 17.8 Å². The van der Waals surface area contributed by atoms with Crippen molar-refractivity contribution >= 4 is 34.8 Å². The van der Waals surface area contributed by atoms with Gasteiger partial charge < -0.3 is 34.2 Å². The van der Waals surface area contributed by atoms with Crippen molar-refractivity contribution in [2.75, 3.05) is 54.1 Å². The summed E-state index contributed by atoms with van der Waals surface area (Å²) in [5.41, 5.74) is -0.132. The standard InChI is InChI=1S/C38H48N4O6/c1-7-39(8-2)26-12-14-27(15-13-26)41-23-11-21-38-32(35(45)42(33(38)36(41)46)30(24-43)25(4)5)31-34(44)40(22-10-20-37(31,6)48-38)28-16-18-29(19-17-28)47-9-3/h10-21,25,30-33,43H,7-9,22-24H2,1-6H3/t30-,31+,32-,33?,37-,38-/m0/s1. The zero-order chi connectivity index (χ0) is 34.4. The maximum atomic E-state index is 14.9. The van der Waals surface area contributed by atoms with Crippen molar-refractivity contribution in [3.63, 3.8) is 0 Å². The first-order valence-corrected chi connectivity index (χ1v) is 17.2. The van der Waals surface area contributed by atoms with E-state index in [9.17, 15) is 19.5 Å². The zero-order valence-corrected chi connectivity index (χ0v) is 28.8. The van der Waals surface area contributed by atoms with Gasteiger partial charge in [0.1, 0.15) is 17.4 Å². The molecule has 2 saturated heterocycles. The highest BCUT2D eigenvalue weighted by atomic mass is 16.5. The van der Waals surface area contributed by atoms with Gasteiger partial charge in [-0.05, 0) is 82.1 Å². The molecule has 0 bridgehead atoms. The zero-order valence-electron chi connectivity index (χ0n) is 28.8. The van der Waals surface area contributed by atoms with Crippen molar-refractivity contribution in [1.29, 1.82) is 0 Å². The second-order valence-corrected chi connectivity index (χ2v) is 13.6. The number of likely N-dealkylation sites (tertiary alicyclic amines) is 1. The number of fused-ring (bicyclic) bond motifs is 2. The highest BCUT2D eigenvalue weighted by Gasteiger charge is 2.75. The summed E-state index contributed by atoms with van der Waals surface area (Å²) in [4.78, 5) is 51.6. The third kappa shape index (κ3) is 5.29. The van der Waals surface area contributed by atoms with E-state index >= 15 is 0 Å². The van der Waals surface area contributed by atoms with Gasteiger partial charge in [-0.1, -0.05) is 38.2 Å². The number of carbonyl (C=O) groups is 3. The topological polar surface area (TPSA) is 103 Å². The molecule has 10 nitrogen and oxygen atoms in total. The number of benzene rings is 2. The van der Waals surface area contributed by atoms with Gasteiger partial charge in [0.25, 0.3) is 5.91 Å². The molecule has 0 aromatic heterocycles. The van der Waals surface area contributed by atoms with E-state index < -0.39 is 35.1 Å². The monoisotopic (exact) mass is 656 g/mol. The molecule has 2 aromatic carbocycles. The van der Waals surface area contributed by atoms with Crippen LogP contribution >= 0.6 is 0 Å². The van der Waals surface area contributed by atoms with Gasteiger partial charge in [0.2, 0.25) is 11.8 Å². The van der Waals surface area contributed by atoms with E-state index in [1.807, 2.05) is 101 Å². The van der Waals surface area contributed by atoms with Crippen LogP contribution in [0.4, 0.5) is 17.1 Å². The molecule has 256 valence electrons. The van der Waals surface area contributed by atoms with Crippen molar-refractivity contribution in [2.45, 2.75) is 64.8 Å². The van der Waals surface area contributed by atoms with Crippen LogP contribution in [0.15, 0.2) is 72.8 Å². The third-order valence-corrected chi connectivity index (χ3v) is 10.6. The van der Waals surface area contributed by atoms with Gasteiger partial charge in [0, 0.05) is 43.2 Å². The fraction of sp³-hybridized carbons (Fsp3) is 0.500. The van der Waals surface area contributed by atoms with E-state index in [0.29, 0.717) is 30.3 Å². The first-order chi connectivity index (χ1) is 23.0. The van der Waals surface area contributed by atoms with Gasteiger partial charge in [-0.25, -0.2) is 0 Å². The molecule has 4 aliphatic heterocycles. The molecule has 2 aromatic rings. The van der Waals surface area contributed by atoms with E-state index in [-0.39, 0.29) is 36.8 Å². The molecular weight excluding hydrogens is 608 g/mol. The molecule has 2 fully saturated rings.